The highest BCUT2D eigenvalue weighted by Crippen LogP contribution is 2.32. The third-order valence-electron chi connectivity index (χ3n) is 1.59. The van der Waals surface area contributed by atoms with Crippen LogP contribution < -0.4 is 0 Å². The molecule has 5 heteroatoms. The molecule has 0 N–H and O–H groups in total. The Balaban J connectivity index is 2.45. The van der Waals surface area contributed by atoms with Crippen molar-refractivity contribution < 1.29 is 4.52 Å². The lowest BCUT2D eigenvalue weighted by Crippen LogP contribution is -1.77. The fourth-order valence-corrected chi connectivity index (χ4v) is 2.45. The van der Waals surface area contributed by atoms with Crippen molar-refractivity contribution in [2.24, 2.45) is 0 Å². The number of hydrogen-bond donors (Lipinski definition) is 0. The van der Waals surface area contributed by atoms with Gasteiger partial charge >= 0.3 is 0 Å². The van der Waals surface area contributed by atoms with Crippen LogP contribution in [0.3, 0.4) is 0 Å². The van der Waals surface area contributed by atoms with Gasteiger partial charge < -0.3 is 4.52 Å². The van der Waals surface area contributed by atoms with Gasteiger partial charge in [0.1, 0.15) is 12.0 Å². The van der Waals surface area contributed by atoms with Gasteiger partial charge in [-0.15, -0.1) is 11.3 Å². The van der Waals surface area contributed by atoms with Gasteiger partial charge in [0.15, 0.2) is 0 Å². The molecule has 0 spiro atoms. The van der Waals surface area contributed by atoms with Crippen molar-refractivity contribution in [2.75, 3.05) is 0 Å². The molecule has 2 aromatic rings. The Bertz CT molecular complexity index is 412. The van der Waals surface area contributed by atoms with Gasteiger partial charge in [0, 0.05) is 10.9 Å². The molecule has 13 heavy (non-hydrogen) atoms. The van der Waals surface area contributed by atoms with E-state index >= 15 is 0 Å². The van der Waals surface area contributed by atoms with Gasteiger partial charge in [-0.1, -0.05) is 32.7 Å². The maximum absolute atomic E-state index is 5.82. The average molecular weight is 279 g/mol. The summed E-state index contributed by atoms with van der Waals surface area (Å²) in [5, 5.41) is 4.65. The lowest BCUT2D eigenvalue weighted by molar-refractivity contribution is 0.422. The number of halogens is 2. The molecular formula is C8H5BrClNOS. The van der Waals surface area contributed by atoms with Gasteiger partial charge in [-0.2, -0.15) is 0 Å². The zero-order chi connectivity index (χ0) is 9.26. The van der Waals surface area contributed by atoms with Crippen LogP contribution in [0.5, 0.6) is 0 Å². The molecule has 0 aromatic carbocycles. The van der Waals surface area contributed by atoms with E-state index in [2.05, 4.69) is 21.1 Å². The first kappa shape index (κ1) is 9.24. The topological polar surface area (TPSA) is 26.0 Å². The third-order valence-corrected chi connectivity index (χ3v) is 3.44. The van der Waals surface area contributed by atoms with Crippen LogP contribution in [0.4, 0.5) is 0 Å². The third kappa shape index (κ3) is 1.80. The van der Waals surface area contributed by atoms with Gasteiger partial charge in [0.05, 0.1) is 9.21 Å². The molecule has 0 unspecified atom stereocenters. The van der Waals surface area contributed by atoms with E-state index in [0.717, 1.165) is 25.8 Å². The second-order valence-corrected chi connectivity index (χ2v) is 4.70. The molecule has 0 saturated carbocycles. The van der Waals surface area contributed by atoms with E-state index in [0.29, 0.717) is 0 Å². The van der Waals surface area contributed by atoms with Crippen molar-refractivity contribution in [1.29, 1.82) is 0 Å². The Morgan fingerprint density at radius 3 is 3.00 bits per heavy atom. The highest BCUT2D eigenvalue weighted by molar-refractivity contribution is 9.08. The summed E-state index contributed by atoms with van der Waals surface area (Å²) in [6, 6.07) is 3.80. The molecule has 2 rings (SSSR count). The fraction of sp³-hybridized carbons (Fsp3) is 0.125. The van der Waals surface area contributed by atoms with E-state index < -0.39 is 0 Å². The van der Waals surface area contributed by atoms with E-state index in [-0.39, 0.29) is 0 Å². The summed E-state index contributed by atoms with van der Waals surface area (Å²) in [6.45, 7) is 0. The van der Waals surface area contributed by atoms with E-state index in [1.807, 2.05) is 12.1 Å². The Kier molecular flexibility index (Phi) is 2.71. The minimum absolute atomic E-state index is 0.737. The Morgan fingerprint density at radius 1 is 1.54 bits per heavy atom. The number of alkyl halides is 1. The van der Waals surface area contributed by atoms with Crippen LogP contribution >= 0.6 is 38.9 Å². The minimum atomic E-state index is 0.737. The molecule has 0 amide bonds. The molecule has 0 aliphatic rings. The Labute approximate surface area is 92.6 Å². The summed E-state index contributed by atoms with van der Waals surface area (Å²) in [4.78, 5) is 1.04. The van der Waals surface area contributed by atoms with Crippen molar-refractivity contribution in [1.82, 2.24) is 5.16 Å². The lowest BCUT2D eigenvalue weighted by atomic mass is 10.2. The van der Waals surface area contributed by atoms with Gasteiger partial charge in [0.2, 0.25) is 0 Å². The summed E-state index contributed by atoms with van der Waals surface area (Å²) in [7, 11) is 0. The van der Waals surface area contributed by atoms with Crippen LogP contribution in [0.15, 0.2) is 22.9 Å². The van der Waals surface area contributed by atoms with Crippen LogP contribution in [-0.4, -0.2) is 5.16 Å². The minimum Gasteiger partial charge on any atom is -0.364 e. The zero-order valence-electron chi connectivity index (χ0n) is 6.46. The second-order valence-electron chi connectivity index (χ2n) is 2.43. The molecule has 0 radical (unpaired) electrons. The summed E-state index contributed by atoms with van der Waals surface area (Å²) >= 11 is 10.7. The predicted octanol–water partition coefficient (Wildman–Crippen LogP) is 3.95. The first-order valence-corrected chi connectivity index (χ1v) is 5.88. The maximum Gasteiger partial charge on any atom is 0.128 e. The first-order valence-electron chi connectivity index (χ1n) is 3.56. The van der Waals surface area contributed by atoms with E-state index in [1.165, 1.54) is 11.3 Å². The highest BCUT2D eigenvalue weighted by atomic mass is 79.9. The molecular weight excluding hydrogens is 274 g/mol. The molecule has 2 nitrogen and oxygen atoms in total. The Hall–Kier alpha value is -0.320. The van der Waals surface area contributed by atoms with Crippen molar-refractivity contribution in [2.45, 2.75) is 5.33 Å². The van der Waals surface area contributed by atoms with Crippen molar-refractivity contribution in [3.63, 3.8) is 0 Å². The SMILES string of the molecule is Clc1ccc(-c2nocc2CBr)s1. The molecule has 0 aliphatic carbocycles. The van der Waals surface area contributed by atoms with E-state index in [9.17, 15) is 0 Å². The monoisotopic (exact) mass is 277 g/mol. The predicted molar refractivity (Wildman–Crippen MR) is 57.5 cm³/mol. The summed E-state index contributed by atoms with van der Waals surface area (Å²) in [6.07, 6.45) is 1.64. The standard InChI is InChI=1S/C8H5BrClNOS/c9-3-5-4-12-11-8(5)6-1-2-7(10)13-6/h1-2,4H,3H2. The largest absolute Gasteiger partial charge is 0.364 e. The van der Waals surface area contributed by atoms with Gasteiger partial charge in [-0.3, -0.25) is 0 Å². The summed E-state index contributed by atoms with van der Waals surface area (Å²) in [5.74, 6) is 0. The molecule has 0 aliphatic heterocycles. The van der Waals surface area contributed by atoms with Crippen LogP contribution in [0.25, 0.3) is 10.6 Å². The molecule has 0 atom stereocenters. The normalized spacial score (nSPS) is 10.6. The van der Waals surface area contributed by atoms with Gasteiger partial charge in [-0.05, 0) is 12.1 Å². The Morgan fingerprint density at radius 2 is 2.38 bits per heavy atom. The fourth-order valence-electron chi connectivity index (χ4n) is 0.997. The van der Waals surface area contributed by atoms with Crippen molar-refractivity contribution in [3.05, 3.63) is 28.3 Å². The number of nitrogens with zero attached hydrogens (tertiary/aromatic N) is 1. The number of rotatable bonds is 2. The van der Waals surface area contributed by atoms with Crippen LogP contribution in [0.2, 0.25) is 4.34 Å². The molecule has 0 fully saturated rings. The van der Waals surface area contributed by atoms with Crippen LogP contribution in [0, 0.1) is 0 Å². The molecule has 68 valence electrons. The molecule has 0 saturated heterocycles. The van der Waals surface area contributed by atoms with Crippen LogP contribution in [-0.2, 0) is 5.33 Å². The van der Waals surface area contributed by atoms with Crippen molar-refractivity contribution in [3.8, 4) is 10.6 Å². The van der Waals surface area contributed by atoms with Gasteiger partial charge in [-0.25, -0.2) is 0 Å². The molecule has 2 aromatic heterocycles. The lowest BCUT2D eigenvalue weighted by Gasteiger charge is -1.90. The average Bonchev–Trinajstić information content (AvgIpc) is 2.71. The molecule has 0 bridgehead atoms. The molecule has 2 heterocycles. The number of thiophene rings is 1. The van der Waals surface area contributed by atoms with Crippen molar-refractivity contribution >= 4 is 38.9 Å². The zero-order valence-corrected chi connectivity index (χ0v) is 9.62. The maximum atomic E-state index is 5.82. The quantitative estimate of drug-likeness (QED) is 0.777. The first-order chi connectivity index (χ1) is 6.31. The summed E-state index contributed by atoms with van der Waals surface area (Å²) < 4.78 is 5.65. The van der Waals surface area contributed by atoms with Gasteiger partial charge in [0.25, 0.3) is 0 Å². The number of hydrogen-bond acceptors (Lipinski definition) is 3. The second kappa shape index (κ2) is 3.82. The smallest absolute Gasteiger partial charge is 0.128 e. The summed E-state index contributed by atoms with van der Waals surface area (Å²) in [5.41, 5.74) is 1.91. The van der Waals surface area contributed by atoms with Crippen LogP contribution in [0.1, 0.15) is 5.56 Å². The van der Waals surface area contributed by atoms with E-state index in [1.54, 1.807) is 6.26 Å². The highest BCUT2D eigenvalue weighted by Gasteiger charge is 2.10. The number of aromatic nitrogens is 1. The van der Waals surface area contributed by atoms with E-state index in [4.69, 9.17) is 16.1 Å².